The Morgan fingerprint density at radius 1 is 1.33 bits per heavy atom. The van der Waals surface area contributed by atoms with Gasteiger partial charge in [0.2, 0.25) is 0 Å². The molecule has 3 nitrogen and oxygen atoms in total. The summed E-state index contributed by atoms with van der Waals surface area (Å²) in [5, 5.41) is 0. The molecule has 0 aromatic rings. The van der Waals surface area contributed by atoms with Crippen LogP contribution in [0.1, 0.15) is 26.7 Å². The molecule has 0 unspecified atom stereocenters. The average Bonchev–Trinajstić information content (AvgIpc) is 2.16. The van der Waals surface area contributed by atoms with Crippen LogP contribution in [0.5, 0.6) is 0 Å². The summed E-state index contributed by atoms with van der Waals surface area (Å²) in [5.74, 6) is 0. The summed E-state index contributed by atoms with van der Waals surface area (Å²) in [5.41, 5.74) is 0.750. The monoisotopic (exact) mass is 149 g/mol. The van der Waals surface area contributed by atoms with E-state index in [1.54, 1.807) is 0 Å². The molecule has 1 saturated carbocycles. The Kier molecular flexibility index (Phi) is 2.84. The van der Waals surface area contributed by atoms with Gasteiger partial charge in [-0.25, -0.2) is 0 Å². The smallest absolute Gasteiger partial charge is 0.188 e. The second kappa shape index (κ2) is 2.96. The van der Waals surface area contributed by atoms with Gasteiger partial charge in [0.25, 0.3) is 0 Å². The molecule has 0 saturated heterocycles. The Labute approximate surface area is 56.6 Å². The second-order valence-electron chi connectivity index (χ2n) is 2.90. The fourth-order valence-corrected chi connectivity index (χ4v) is 0.250. The average molecular weight is 149 g/mol. The van der Waals surface area contributed by atoms with Gasteiger partial charge in [-0.1, -0.05) is 13.8 Å². The largest absolute Gasteiger partial charge is 0.308 e. The van der Waals surface area contributed by atoms with Crippen LogP contribution in [-0.4, -0.2) is 8.42 Å². The van der Waals surface area contributed by atoms with E-state index in [4.69, 9.17) is 13.2 Å². The maximum absolute atomic E-state index is 8.67. The van der Waals surface area contributed by atoms with Crippen molar-refractivity contribution < 1.29 is 8.42 Å². The summed E-state index contributed by atoms with van der Waals surface area (Å²) < 4.78 is 22.8. The van der Waals surface area contributed by atoms with Crippen LogP contribution in [-0.2, 0) is 10.5 Å². The van der Waals surface area contributed by atoms with E-state index in [1.807, 2.05) is 0 Å². The zero-order chi connectivity index (χ0) is 7.49. The van der Waals surface area contributed by atoms with Crippen molar-refractivity contribution in [2.45, 2.75) is 26.7 Å². The second-order valence-corrected chi connectivity index (χ2v) is 3.37. The number of hydrogen-bond donors (Lipinski definition) is 1. The van der Waals surface area contributed by atoms with Gasteiger partial charge in [0.05, 0.1) is 0 Å². The van der Waals surface area contributed by atoms with Gasteiger partial charge < -0.3 is 0 Å². The Hall–Kier alpha value is -0.380. The van der Waals surface area contributed by atoms with E-state index in [2.05, 4.69) is 13.8 Å². The lowest BCUT2D eigenvalue weighted by Crippen LogP contribution is -1.75. The highest BCUT2D eigenvalue weighted by atomic mass is 32.2. The van der Waals surface area contributed by atoms with Gasteiger partial charge in [0, 0.05) is 0 Å². The van der Waals surface area contributed by atoms with Crippen molar-refractivity contribution in [1.82, 2.24) is 0 Å². The normalized spacial score (nSPS) is 19.3. The van der Waals surface area contributed by atoms with Gasteiger partial charge in [-0.3, -0.25) is 0 Å². The molecule has 1 aliphatic carbocycles. The first-order valence-electron chi connectivity index (χ1n) is 2.74. The van der Waals surface area contributed by atoms with Gasteiger partial charge in [-0.05, 0) is 18.3 Å². The summed E-state index contributed by atoms with van der Waals surface area (Å²) in [6.07, 6.45) is 2.90. The van der Waals surface area contributed by atoms with Crippen LogP contribution in [0.25, 0.3) is 0 Å². The van der Waals surface area contributed by atoms with Crippen molar-refractivity contribution in [2.24, 2.45) is 5.41 Å². The van der Waals surface area contributed by atoms with Gasteiger partial charge in [0.15, 0.2) is 0 Å². The molecule has 9 heavy (non-hydrogen) atoms. The third kappa shape index (κ3) is 11.3. The first-order valence-corrected chi connectivity index (χ1v) is 3.82. The van der Waals surface area contributed by atoms with E-state index >= 15 is 0 Å². The zero-order valence-electron chi connectivity index (χ0n) is 5.64. The molecule has 4 heteroatoms. The Balaban J connectivity index is 0.000000148. The van der Waals surface area contributed by atoms with E-state index in [0.717, 1.165) is 5.41 Å². The van der Waals surface area contributed by atoms with Crippen molar-refractivity contribution in [1.29, 1.82) is 4.78 Å². The van der Waals surface area contributed by atoms with Crippen molar-refractivity contribution in [3.8, 4) is 0 Å². The highest BCUT2D eigenvalue weighted by molar-refractivity contribution is 7.60. The van der Waals surface area contributed by atoms with Crippen LogP contribution in [0.2, 0.25) is 0 Å². The quantitative estimate of drug-likeness (QED) is 0.566. The fraction of sp³-hybridized carbons (Fsp3) is 1.00. The molecule has 0 aromatic carbocycles. The molecule has 0 aromatic heterocycles. The number of nitrogens with one attached hydrogen (secondary N) is 1. The number of rotatable bonds is 0. The van der Waals surface area contributed by atoms with Gasteiger partial charge in [-0.2, -0.15) is 13.2 Å². The summed E-state index contributed by atoms with van der Waals surface area (Å²) in [6.45, 7) is 4.60. The highest BCUT2D eigenvalue weighted by Gasteiger charge is 2.30. The van der Waals surface area contributed by atoms with Crippen molar-refractivity contribution in [3.63, 3.8) is 0 Å². The van der Waals surface area contributed by atoms with Gasteiger partial charge in [0.1, 0.15) is 0 Å². The minimum Gasteiger partial charge on any atom is -0.188 e. The van der Waals surface area contributed by atoms with Crippen LogP contribution in [0.15, 0.2) is 0 Å². The van der Waals surface area contributed by atoms with Crippen LogP contribution in [0.4, 0.5) is 0 Å². The molecule has 0 atom stereocenters. The molecule has 1 fully saturated rings. The molecule has 0 aliphatic heterocycles. The molecule has 0 amide bonds. The van der Waals surface area contributed by atoms with Gasteiger partial charge in [-0.15, -0.1) is 0 Å². The lowest BCUT2D eigenvalue weighted by molar-refractivity contribution is 0.620. The van der Waals surface area contributed by atoms with E-state index in [-0.39, 0.29) is 0 Å². The molecule has 54 valence electrons. The van der Waals surface area contributed by atoms with E-state index in [1.165, 1.54) is 12.8 Å². The number of hydrogen-bond acceptors (Lipinski definition) is 3. The lowest BCUT2D eigenvalue weighted by atomic mass is 10.2. The predicted molar refractivity (Wildman–Crippen MR) is 34.7 cm³/mol. The zero-order valence-corrected chi connectivity index (χ0v) is 6.46. The topological polar surface area (TPSA) is 58.0 Å². The van der Waals surface area contributed by atoms with E-state index in [0.29, 0.717) is 0 Å². The summed E-state index contributed by atoms with van der Waals surface area (Å²) in [6, 6.07) is 0. The lowest BCUT2D eigenvalue weighted by Gasteiger charge is -1.86. The molecule has 1 aliphatic rings. The van der Waals surface area contributed by atoms with Gasteiger partial charge >= 0.3 is 10.5 Å². The Morgan fingerprint density at radius 2 is 1.44 bits per heavy atom. The summed E-state index contributed by atoms with van der Waals surface area (Å²) in [7, 11) is -2.61. The summed E-state index contributed by atoms with van der Waals surface area (Å²) >= 11 is 0. The SMILES string of the molecule is CC1(C)CC1.N=S(=O)=O. The van der Waals surface area contributed by atoms with Crippen LogP contribution < -0.4 is 0 Å². The van der Waals surface area contributed by atoms with Crippen LogP contribution in [0.3, 0.4) is 0 Å². The maximum atomic E-state index is 8.67. The van der Waals surface area contributed by atoms with E-state index < -0.39 is 10.5 Å². The van der Waals surface area contributed by atoms with Crippen molar-refractivity contribution >= 4 is 10.5 Å². The molecular formula is C5H11NO2S. The standard InChI is InChI=1S/C5H10.HNO2S/c1-5(2)3-4-5;1-4(2)3/h3-4H2,1-2H3;1H. The molecule has 1 rings (SSSR count). The first-order chi connectivity index (χ1) is 3.94. The maximum Gasteiger partial charge on any atom is 0.308 e. The fourth-order valence-electron chi connectivity index (χ4n) is 0.250. The Bertz CT molecular complexity index is 165. The highest BCUT2D eigenvalue weighted by Crippen LogP contribution is 2.43. The molecular weight excluding hydrogens is 138 g/mol. The molecule has 0 radical (unpaired) electrons. The third-order valence-electron chi connectivity index (χ3n) is 1.25. The summed E-state index contributed by atoms with van der Waals surface area (Å²) in [4.78, 5) is 0. The first kappa shape index (κ1) is 8.62. The third-order valence-corrected chi connectivity index (χ3v) is 1.25. The molecule has 0 spiro atoms. The predicted octanol–water partition coefficient (Wildman–Crippen LogP) is 1.43. The van der Waals surface area contributed by atoms with Crippen molar-refractivity contribution in [2.75, 3.05) is 0 Å². The minimum absolute atomic E-state index is 0.750. The van der Waals surface area contributed by atoms with Crippen LogP contribution in [0, 0.1) is 10.2 Å². The molecule has 1 N–H and O–H groups in total. The van der Waals surface area contributed by atoms with Crippen LogP contribution >= 0.6 is 0 Å². The minimum atomic E-state index is -2.61. The molecule has 0 heterocycles. The van der Waals surface area contributed by atoms with Crippen molar-refractivity contribution in [3.05, 3.63) is 0 Å². The van der Waals surface area contributed by atoms with E-state index in [9.17, 15) is 0 Å². The Morgan fingerprint density at radius 3 is 1.44 bits per heavy atom. The molecule has 0 bridgehead atoms.